The van der Waals surface area contributed by atoms with Crippen molar-refractivity contribution in [2.75, 3.05) is 18.0 Å². The number of nitrogens with zero attached hydrogens (tertiary/aromatic N) is 4. The predicted octanol–water partition coefficient (Wildman–Crippen LogP) is 2.19. The third kappa shape index (κ3) is 2.77. The van der Waals surface area contributed by atoms with Gasteiger partial charge in [0.15, 0.2) is 5.82 Å². The zero-order valence-corrected chi connectivity index (χ0v) is 12.3. The molecule has 20 heavy (non-hydrogen) atoms. The molecular formula is C13H17N5OS. The SMILES string of the molecule is CCN(CC)c1nc(-c2ccccc2)nn1C(=O)NS. The molecule has 0 aliphatic heterocycles. The van der Waals surface area contributed by atoms with E-state index in [-0.39, 0.29) is 0 Å². The van der Waals surface area contributed by atoms with Crippen LogP contribution in [-0.4, -0.2) is 33.9 Å². The molecule has 106 valence electrons. The van der Waals surface area contributed by atoms with Gasteiger partial charge in [0.2, 0.25) is 5.95 Å². The average molecular weight is 291 g/mol. The summed E-state index contributed by atoms with van der Waals surface area (Å²) >= 11 is 3.79. The number of carbonyl (C=O) groups is 1. The van der Waals surface area contributed by atoms with Crippen molar-refractivity contribution < 1.29 is 4.79 Å². The fourth-order valence-electron chi connectivity index (χ4n) is 1.91. The molecular weight excluding hydrogens is 274 g/mol. The number of thiol groups is 1. The monoisotopic (exact) mass is 291 g/mol. The van der Waals surface area contributed by atoms with Crippen LogP contribution in [0, 0.1) is 0 Å². The van der Waals surface area contributed by atoms with E-state index in [0.717, 1.165) is 18.7 Å². The summed E-state index contributed by atoms with van der Waals surface area (Å²) in [5, 5.41) is 4.27. The van der Waals surface area contributed by atoms with Crippen LogP contribution >= 0.6 is 12.8 Å². The molecule has 0 atom stereocenters. The second-order valence-corrected chi connectivity index (χ2v) is 4.33. The molecule has 6 nitrogen and oxygen atoms in total. The van der Waals surface area contributed by atoms with Crippen LogP contribution < -0.4 is 9.62 Å². The maximum absolute atomic E-state index is 11.9. The Labute approximate surface area is 123 Å². The molecule has 1 aromatic heterocycles. The smallest absolute Gasteiger partial charge is 0.341 e. The Balaban J connectivity index is 2.49. The number of amides is 1. The van der Waals surface area contributed by atoms with Crippen LogP contribution in [0.1, 0.15) is 13.8 Å². The second-order valence-electron chi connectivity index (χ2n) is 4.10. The fourth-order valence-corrected chi connectivity index (χ4v) is 2.00. The Bertz CT molecular complexity index is 580. The summed E-state index contributed by atoms with van der Waals surface area (Å²) in [5.74, 6) is 1.03. The van der Waals surface area contributed by atoms with Crippen molar-refractivity contribution in [2.24, 2.45) is 0 Å². The molecule has 1 amide bonds. The molecule has 0 saturated heterocycles. The lowest BCUT2D eigenvalue weighted by atomic mass is 10.2. The molecule has 0 saturated carbocycles. The van der Waals surface area contributed by atoms with E-state index < -0.39 is 6.03 Å². The standard InChI is InChI=1S/C13H17N5OS/c1-3-17(4-2)12-14-11(10-8-6-5-7-9-10)15-18(12)13(19)16-20/h5-9,20H,3-4H2,1-2H3,(H,16,19). The summed E-state index contributed by atoms with van der Waals surface area (Å²) in [4.78, 5) is 18.3. The zero-order chi connectivity index (χ0) is 14.5. The lowest BCUT2D eigenvalue weighted by Crippen LogP contribution is -2.30. The van der Waals surface area contributed by atoms with Crippen LogP contribution in [0.4, 0.5) is 10.7 Å². The first-order chi connectivity index (χ1) is 9.71. The summed E-state index contributed by atoms with van der Waals surface area (Å²) in [6.07, 6.45) is 0. The van der Waals surface area contributed by atoms with Crippen molar-refractivity contribution >= 4 is 24.8 Å². The maximum Gasteiger partial charge on any atom is 0.355 e. The van der Waals surface area contributed by atoms with E-state index in [2.05, 4.69) is 27.6 Å². The average Bonchev–Trinajstić information content (AvgIpc) is 2.94. The largest absolute Gasteiger partial charge is 0.355 e. The Morgan fingerprint density at radius 2 is 1.95 bits per heavy atom. The molecule has 0 spiro atoms. The minimum absolute atomic E-state index is 0.426. The molecule has 1 N–H and O–H groups in total. The molecule has 1 heterocycles. The first-order valence-corrected chi connectivity index (χ1v) is 6.87. The van der Waals surface area contributed by atoms with Crippen molar-refractivity contribution in [1.82, 2.24) is 19.5 Å². The Morgan fingerprint density at radius 3 is 2.50 bits per heavy atom. The van der Waals surface area contributed by atoms with E-state index in [1.807, 2.05) is 49.1 Å². The lowest BCUT2D eigenvalue weighted by Gasteiger charge is -2.18. The predicted molar refractivity (Wildman–Crippen MR) is 81.9 cm³/mol. The van der Waals surface area contributed by atoms with Crippen molar-refractivity contribution in [1.29, 1.82) is 0 Å². The van der Waals surface area contributed by atoms with Gasteiger partial charge < -0.3 is 4.90 Å². The van der Waals surface area contributed by atoms with E-state index in [1.165, 1.54) is 4.68 Å². The third-order valence-corrected chi connectivity index (χ3v) is 3.15. The minimum Gasteiger partial charge on any atom is -0.341 e. The number of hydrogen-bond donors (Lipinski definition) is 2. The lowest BCUT2D eigenvalue weighted by molar-refractivity contribution is 0.245. The van der Waals surface area contributed by atoms with E-state index in [1.54, 1.807) is 0 Å². The first-order valence-electron chi connectivity index (χ1n) is 6.43. The van der Waals surface area contributed by atoms with E-state index >= 15 is 0 Å². The normalized spacial score (nSPS) is 10.3. The summed E-state index contributed by atoms with van der Waals surface area (Å²) in [6, 6.07) is 9.13. The van der Waals surface area contributed by atoms with Crippen LogP contribution in [-0.2, 0) is 0 Å². The van der Waals surface area contributed by atoms with Gasteiger partial charge in [0.05, 0.1) is 0 Å². The highest BCUT2D eigenvalue weighted by Gasteiger charge is 2.19. The molecule has 0 radical (unpaired) electrons. The summed E-state index contributed by atoms with van der Waals surface area (Å²) in [6.45, 7) is 5.49. The van der Waals surface area contributed by atoms with E-state index in [4.69, 9.17) is 0 Å². The Morgan fingerprint density at radius 1 is 1.30 bits per heavy atom. The van der Waals surface area contributed by atoms with Gasteiger partial charge in [-0.2, -0.15) is 4.98 Å². The first kappa shape index (κ1) is 14.4. The number of benzene rings is 1. The number of anilines is 1. The van der Waals surface area contributed by atoms with Gasteiger partial charge in [-0.15, -0.1) is 9.78 Å². The van der Waals surface area contributed by atoms with Crippen LogP contribution in [0.15, 0.2) is 30.3 Å². The number of hydrogen-bond acceptors (Lipinski definition) is 5. The van der Waals surface area contributed by atoms with E-state index in [0.29, 0.717) is 11.8 Å². The van der Waals surface area contributed by atoms with Crippen LogP contribution in [0.3, 0.4) is 0 Å². The highest BCUT2D eigenvalue weighted by atomic mass is 32.1. The summed E-state index contributed by atoms with van der Waals surface area (Å²) in [7, 11) is 0. The number of carbonyl (C=O) groups excluding carboxylic acids is 1. The van der Waals surface area contributed by atoms with Gasteiger partial charge >= 0.3 is 6.03 Å². The minimum atomic E-state index is -0.426. The van der Waals surface area contributed by atoms with Crippen molar-refractivity contribution in [3.63, 3.8) is 0 Å². The molecule has 7 heteroatoms. The highest BCUT2D eigenvalue weighted by Crippen LogP contribution is 2.19. The number of rotatable bonds is 4. The van der Waals surface area contributed by atoms with Crippen LogP contribution in [0.5, 0.6) is 0 Å². The fraction of sp³-hybridized carbons (Fsp3) is 0.308. The van der Waals surface area contributed by atoms with Gasteiger partial charge in [-0.25, -0.2) is 4.79 Å². The van der Waals surface area contributed by atoms with Gasteiger partial charge in [-0.1, -0.05) is 43.1 Å². The molecule has 2 aromatic rings. The summed E-state index contributed by atoms with van der Waals surface area (Å²) < 4.78 is 3.52. The van der Waals surface area contributed by atoms with Crippen LogP contribution in [0.25, 0.3) is 11.4 Å². The summed E-state index contributed by atoms with van der Waals surface area (Å²) in [5.41, 5.74) is 0.867. The molecule has 0 bridgehead atoms. The Hall–Kier alpha value is -2.02. The molecule has 1 aromatic carbocycles. The molecule has 0 fully saturated rings. The Kier molecular flexibility index (Phi) is 4.62. The number of nitrogens with one attached hydrogen (secondary N) is 1. The maximum atomic E-state index is 11.9. The van der Waals surface area contributed by atoms with Crippen molar-refractivity contribution in [3.8, 4) is 11.4 Å². The molecule has 2 rings (SSSR count). The topological polar surface area (TPSA) is 63.1 Å². The van der Waals surface area contributed by atoms with Gasteiger partial charge in [0.25, 0.3) is 0 Å². The van der Waals surface area contributed by atoms with Gasteiger partial charge in [0, 0.05) is 18.7 Å². The number of aromatic nitrogens is 3. The van der Waals surface area contributed by atoms with Gasteiger partial charge in [-0.3, -0.25) is 4.72 Å². The molecule has 0 unspecified atom stereocenters. The van der Waals surface area contributed by atoms with E-state index in [9.17, 15) is 4.79 Å². The second kappa shape index (κ2) is 6.42. The van der Waals surface area contributed by atoms with Gasteiger partial charge in [-0.05, 0) is 13.8 Å². The molecule has 0 aliphatic carbocycles. The van der Waals surface area contributed by atoms with Gasteiger partial charge in [0.1, 0.15) is 0 Å². The molecule has 0 aliphatic rings. The van der Waals surface area contributed by atoms with Crippen LogP contribution in [0.2, 0.25) is 0 Å². The third-order valence-electron chi connectivity index (χ3n) is 2.96. The highest BCUT2D eigenvalue weighted by molar-refractivity contribution is 7.78. The zero-order valence-electron chi connectivity index (χ0n) is 11.4. The van der Waals surface area contributed by atoms with Crippen molar-refractivity contribution in [2.45, 2.75) is 13.8 Å². The van der Waals surface area contributed by atoms with Crippen molar-refractivity contribution in [3.05, 3.63) is 30.3 Å². The quantitative estimate of drug-likeness (QED) is 0.848.